The first-order chi connectivity index (χ1) is 9.29. The van der Waals surface area contributed by atoms with Crippen LogP contribution >= 0.6 is 12.4 Å². The van der Waals surface area contributed by atoms with Crippen molar-refractivity contribution in [2.24, 2.45) is 5.41 Å². The van der Waals surface area contributed by atoms with Crippen LogP contribution in [0.3, 0.4) is 0 Å². The minimum atomic E-state index is -0.482. The van der Waals surface area contributed by atoms with Gasteiger partial charge < -0.3 is 16.4 Å². The van der Waals surface area contributed by atoms with Gasteiger partial charge in [-0.05, 0) is 24.1 Å². The maximum atomic E-state index is 11.6. The number of rotatable bonds is 5. The smallest absolute Gasteiger partial charge is 0.239 e. The standard InChI is InChI=1S/C15H23N3O2.ClH/c1-15(2,3)14(20)18-10-13(19)17-9-8-11-4-6-12(16)7-5-11;/h4-7H,8-10,16H2,1-3H3,(H,17,19)(H,18,20);1H. The second kappa shape index (κ2) is 8.52. The first-order valence-corrected chi connectivity index (χ1v) is 6.68. The zero-order chi connectivity index (χ0) is 15.2. The van der Waals surface area contributed by atoms with E-state index in [4.69, 9.17) is 5.73 Å². The molecule has 0 aliphatic carbocycles. The number of nitrogen functional groups attached to an aromatic ring is 1. The molecule has 0 fully saturated rings. The van der Waals surface area contributed by atoms with Crippen LogP contribution in [0, 0.1) is 5.41 Å². The van der Waals surface area contributed by atoms with E-state index in [1.807, 2.05) is 24.3 Å². The summed E-state index contributed by atoms with van der Waals surface area (Å²) in [5, 5.41) is 5.38. The maximum absolute atomic E-state index is 11.6. The lowest BCUT2D eigenvalue weighted by molar-refractivity contribution is -0.131. The van der Waals surface area contributed by atoms with Crippen LogP contribution in [-0.4, -0.2) is 24.9 Å². The van der Waals surface area contributed by atoms with E-state index in [2.05, 4.69) is 10.6 Å². The summed E-state index contributed by atoms with van der Waals surface area (Å²) in [6, 6.07) is 7.53. The Morgan fingerprint density at radius 2 is 1.67 bits per heavy atom. The van der Waals surface area contributed by atoms with E-state index >= 15 is 0 Å². The molecule has 0 saturated carbocycles. The lowest BCUT2D eigenvalue weighted by Crippen LogP contribution is -2.42. The van der Waals surface area contributed by atoms with Gasteiger partial charge in [0.05, 0.1) is 6.54 Å². The van der Waals surface area contributed by atoms with Crippen LogP contribution in [0.15, 0.2) is 24.3 Å². The predicted octanol–water partition coefficient (Wildman–Crippen LogP) is 1.51. The number of hydrogen-bond donors (Lipinski definition) is 3. The number of carbonyl (C=O) groups is 2. The Kier molecular flexibility index (Phi) is 7.81. The van der Waals surface area contributed by atoms with Crippen molar-refractivity contribution in [3.8, 4) is 0 Å². The number of amides is 2. The Hall–Kier alpha value is -1.75. The summed E-state index contributed by atoms with van der Waals surface area (Å²) in [6.45, 7) is 5.97. The highest BCUT2D eigenvalue weighted by atomic mass is 35.5. The van der Waals surface area contributed by atoms with Crippen molar-refractivity contribution in [3.05, 3.63) is 29.8 Å². The van der Waals surface area contributed by atoms with Crippen LogP contribution < -0.4 is 16.4 Å². The number of halogens is 1. The molecule has 0 saturated heterocycles. The highest BCUT2D eigenvalue weighted by molar-refractivity contribution is 5.87. The molecule has 1 aromatic rings. The van der Waals surface area contributed by atoms with Gasteiger partial charge >= 0.3 is 0 Å². The molecule has 0 unspecified atom stereocenters. The van der Waals surface area contributed by atoms with Gasteiger partial charge in [-0.2, -0.15) is 0 Å². The molecule has 6 heteroatoms. The van der Waals surface area contributed by atoms with Crippen LogP contribution in [-0.2, 0) is 16.0 Å². The zero-order valence-electron chi connectivity index (χ0n) is 12.7. The molecular formula is C15H24ClN3O2. The van der Waals surface area contributed by atoms with Gasteiger partial charge in [0.2, 0.25) is 11.8 Å². The minimum absolute atomic E-state index is 0. The quantitative estimate of drug-likeness (QED) is 0.720. The van der Waals surface area contributed by atoms with Crippen LogP contribution in [0.1, 0.15) is 26.3 Å². The number of hydrogen-bond acceptors (Lipinski definition) is 3. The van der Waals surface area contributed by atoms with Gasteiger partial charge in [-0.1, -0.05) is 32.9 Å². The van der Waals surface area contributed by atoms with Gasteiger partial charge in [-0.3, -0.25) is 9.59 Å². The fourth-order valence-corrected chi connectivity index (χ4v) is 1.52. The molecule has 0 spiro atoms. The average Bonchev–Trinajstić information content (AvgIpc) is 2.37. The van der Waals surface area contributed by atoms with Gasteiger partial charge in [-0.15, -0.1) is 12.4 Å². The van der Waals surface area contributed by atoms with Crippen molar-refractivity contribution in [2.75, 3.05) is 18.8 Å². The Bertz CT molecular complexity index is 467. The highest BCUT2D eigenvalue weighted by Gasteiger charge is 2.21. The summed E-state index contributed by atoms with van der Waals surface area (Å²) in [5.74, 6) is -0.316. The minimum Gasteiger partial charge on any atom is -0.399 e. The third-order valence-corrected chi connectivity index (χ3v) is 2.81. The third kappa shape index (κ3) is 7.56. The van der Waals surface area contributed by atoms with Gasteiger partial charge in [0.1, 0.15) is 0 Å². The molecule has 1 rings (SSSR count). The third-order valence-electron chi connectivity index (χ3n) is 2.81. The summed E-state index contributed by atoms with van der Waals surface area (Å²) in [4.78, 5) is 23.2. The molecule has 0 heterocycles. The first kappa shape index (κ1) is 19.2. The van der Waals surface area contributed by atoms with Gasteiger partial charge in [-0.25, -0.2) is 0 Å². The average molecular weight is 314 g/mol. The normalized spacial score (nSPS) is 10.4. The second-order valence-electron chi connectivity index (χ2n) is 5.77. The fraction of sp³-hybridized carbons (Fsp3) is 0.467. The Morgan fingerprint density at radius 1 is 1.10 bits per heavy atom. The molecule has 2 amide bonds. The summed E-state index contributed by atoms with van der Waals surface area (Å²) < 4.78 is 0. The monoisotopic (exact) mass is 313 g/mol. The largest absolute Gasteiger partial charge is 0.399 e. The molecular weight excluding hydrogens is 290 g/mol. The Labute approximate surface area is 132 Å². The number of benzene rings is 1. The molecule has 0 bridgehead atoms. The van der Waals surface area contributed by atoms with E-state index in [-0.39, 0.29) is 30.8 Å². The number of anilines is 1. The molecule has 0 aliphatic rings. The topological polar surface area (TPSA) is 84.2 Å². The van der Waals surface area contributed by atoms with E-state index < -0.39 is 5.41 Å². The first-order valence-electron chi connectivity index (χ1n) is 6.68. The molecule has 0 aliphatic heterocycles. The lowest BCUT2D eigenvalue weighted by Gasteiger charge is -2.17. The van der Waals surface area contributed by atoms with Gasteiger partial charge in [0.15, 0.2) is 0 Å². The van der Waals surface area contributed by atoms with Gasteiger partial charge in [0.25, 0.3) is 0 Å². The van der Waals surface area contributed by atoms with Crippen LogP contribution in [0.4, 0.5) is 5.69 Å². The van der Waals surface area contributed by atoms with Crippen molar-refractivity contribution in [3.63, 3.8) is 0 Å². The number of carbonyl (C=O) groups excluding carboxylic acids is 2. The van der Waals surface area contributed by atoms with E-state index in [1.165, 1.54) is 0 Å². The Balaban J connectivity index is 0.00000400. The van der Waals surface area contributed by atoms with Gasteiger partial charge in [0, 0.05) is 17.6 Å². The van der Waals surface area contributed by atoms with E-state index in [9.17, 15) is 9.59 Å². The summed E-state index contributed by atoms with van der Waals surface area (Å²) in [5.41, 5.74) is 6.95. The van der Waals surface area contributed by atoms with Crippen molar-refractivity contribution in [2.45, 2.75) is 27.2 Å². The predicted molar refractivity (Wildman–Crippen MR) is 87.3 cm³/mol. The molecule has 0 radical (unpaired) electrons. The van der Waals surface area contributed by atoms with E-state index in [0.29, 0.717) is 6.54 Å². The zero-order valence-corrected chi connectivity index (χ0v) is 13.5. The summed E-state index contributed by atoms with van der Waals surface area (Å²) >= 11 is 0. The SMILES string of the molecule is CC(C)(C)C(=O)NCC(=O)NCCc1ccc(N)cc1.Cl. The molecule has 1 aromatic carbocycles. The second-order valence-corrected chi connectivity index (χ2v) is 5.77. The lowest BCUT2D eigenvalue weighted by atomic mass is 9.96. The number of nitrogens with two attached hydrogens (primary N) is 1. The van der Waals surface area contributed by atoms with Crippen LogP contribution in [0.2, 0.25) is 0 Å². The van der Waals surface area contributed by atoms with E-state index in [0.717, 1.165) is 17.7 Å². The molecule has 0 atom stereocenters. The molecule has 4 N–H and O–H groups in total. The van der Waals surface area contributed by atoms with Crippen LogP contribution in [0.5, 0.6) is 0 Å². The number of nitrogens with one attached hydrogen (secondary N) is 2. The molecule has 21 heavy (non-hydrogen) atoms. The van der Waals surface area contributed by atoms with Crippen molar-refractivity contribution < 1.29 is 9.59 Å². The summed E-state index contributed by atoms with van der Waals surface area (Å²) in [7, 11) is 0. The maximum Gasteiger partial charge on any atom is 0.239 e. The molecule has 0 aromatic heterocycles. The van der Waals surface area contributed by atoms with E-state index in [1.54, 1.807) is 20.8 Å². The van der Waals surface area contributed by atoms with Crippen molar-refractivity contribution >= 4 is 29.9 Å². The fourth-order valence-electron chi connectivity index (χ4n) is 1.52. The Morgan fingerprint density at radius 3 is 2.19 bits per heavy atom. The van der Waals surface area contributed by atoms with Crippen LogP contribution in [0.25, 0.3) is 0 Å². The van der Waals surface area contributed by atoms with Crippen molar-refractivity contribution in [1.82, 2.24) is 10.6 Å². The molecule has 118 valence electrons. The highest BCUT2D eigenvalue weighted by Crippen LogP contribution is 2.11. The molecule has 5 nitrogen and oxygen atoms in total. The van der Waals surface area contributed by atoms with Crippen molar-refractivity contribution in [1.29, 1.82) is 0 Å². The summed E-state index contributed by atoms with van der Waals surface area (Å²) in [6.07, 6.45) is 0.735.